The van der Waals surface area contributed by atoms with Gasteiger partial charge in [0, 0.05) is 19.2 Å². The van der Waals surface area contributed by atoms with E-state index in [-0.39, 0.29) is 5.56 Å². The van der Waals surface area contributed by atoms with Gasteiger partial charge in [-0.05, 0) is 37.8 Å². The fourth-order valence-corrected chi connectivity index (χ4v) is 4.21. The van der Waals surface area contributed by atoms with Crippen LogP contribution in [0.25, 0.3) is 4.96 Å². The first-order chi connectivity index (χ1) is 12.7. The van der Waals surface area contributed by atoms with Gasteiger partial charge in [-0.1, -0.05) is 30.4 Å². The number of piperidine rings is 1. The van der Waals surface area contributed by atoms with E-state index in [4.69, 9.17) is 0 Å². The molecule has 3 aromatic rings. The molecule has 0 spiro atoms. The van der Waals surface area contributed by atoms with Crippen LogP contribution in [0.2, 0.25) is 0 Å². The van der Waals surface area contributed by atoms with Gasteiger partial charge in [0.25, 0.3) is 5.56 Å². The number of fused-ring (bicyclic) bond motifs is 1. The number of hydrogen-bond donors (Lipinski definition) is 1. The summed E-state index contributed by atoms with van der Waals surface area (Å²) in [6, 6.07) is 9.95. The molecule has 0 aliphatic carbocycles. The zero-order chi connectivity index (χ0) is 17.9. The van der Waals surface area contributed by atoms with E-state index in [1.165, 1.54) is 40.8 Å². The molecule has 1 saturated heterocycles. The molecule has 4 rings (SSSR count). The SMILES string of the molecule is CCc1nn2c(=O)cc(CNc3ccccc3N3CCCCC3)nc2s1. The lowest BCUT2D eigenvalue weighted by atomic mass is 10.1. The number of nitrogens with zero attached hydrogens (tertiary/aromatic N) is 4. The third kappa shape index (κ3) is 3.44. The summed E-state index contributed by atoms with van der Waals surface area (Å²) in [5, 5.41) is 8.70. The van der Waals surface area contributed by atoms with Crippen molar-refractivity contribution in [3.8, 4) is 0 Å². The molecule has 6 nitrogen and oxygen atoms in total. The Kier molecular flexibility index (Phi) is 4.88. The number of nitrogens with one attached hydrogen (secondary N) is 1. The molecule has 0 amide bonds. The Balaban J connectivity index is 1.56. The average Bonchev–Trinajstić information content (AvgIpc) is 3.11. The van der Waals surface area contributed by atoms with E-state index in [1.807, 2.05) is 13.0 Å². The molecule has 3 heterocycles. The summed E-state index contributed by atoms with van der Waals surface area (Å²) in [5.41, 5.74) is 2.95. The largest absolute Gasteiger partial charge is 0.378 e. The average molecular weight is 369 g/mol. The number of para-hydroxylation sites is 2. The van der Waals surface area contributed by atoms with Gasteiger partial charge < -0.3 is 10.2 Å². The van der Waals surface area contributed by atoms with Gasteiger partial charge in [0.2, 0.25) is 4.96 Å². The summed E-state index contributed by atoms with van der Waals surface area (Å²) >= 11 is 1.48. The highest BCUT2D eigenvalue weighted by Gasteiger charge is 2.14. The molecule has 1 N–H and O–H groups in total. The first-order valence-corrected chi connectivity index (χ1v) is 10.0. The van der Waals surface area contributed by atoms with Crippen LogP contribution in [0.15, 0.2) is 35.1 Å². The molecule has 1 aromatic carbocycles. The van der Waals surface area contributed by atoms with Crippen LogP contribution >= 0.6 is 11.3 Å². The minimum Gasteiger partial charge on any atom is -0.378 e. The van der Waals surface area contributed by atoms with E-state index in [2.05, 4.69) is 38.5 Å². The zero-order valence-corrected chi connectivity index (χ0v) is 15.8. The molecule has 1 fully saturated rings. The van der Waals surface area contributed by atoms with E-state index >= 15 is 0 Å². The summed E-state index contributed by atoms with van der Waals surface area (Å²) in [6.07, 6.45) is 4.61. The maximum absolute atomic E-state index is 12.3. The Morgan fingerprint density at radius 1 is 1.19 bits per heavy atom. The third-order valence-corrected chi connectivity index (χ3v) is 5.76. The number of hydrogen-bond acceptors (Lipinski definition) is 6. The number of benzene rings is 1. The van der Waals surface area contributed by atoms with E-state index < -0.39 is 0 Å². The highest BCUT2D eigenvalue weighted by atomic mass is 32.1. The quantitative estimate of drug-likeness (QED) is 0.747. The van der Waals surface area contributed by atoms with Gasteiger partial charge >= 0.3 is 0 Å². The van der Waals surface area contributed by atoms with Crippen molar-refractivity contribution in [2.75, 3.05) is 23.3 Å². The van der Waals surface area contributed by atoms with Gasteiger partial charge in [-0.2, -0.15) is 9.61 Å². The molecule has 0 radical (unpaired) electrons. The second-order valence-corrected chi connectivity index (χ2v) is 7.59. The lowest BCUT2D eigenvalue weighted by molar-refractivity contribution is 0.578. The molecule has 0 bridgehead atoms. The predicted octanol–water partition coefficient (Wildman–Crippen LogP) is 3.32. The van der Waals surface area contributed by atoms with Gasteiger partial charge in [-0.25, -0.2) is 4.98 Å². The molecule has 136 valence electrons. The summed E-state index contributed by atoms with van der Waals surface area (Å²) in [7, 11) is 0. The van der Waals surface area contributed by atoms with Crippen molar-refractivity contribution >= 4 is 27.7 Å². The molecule has 1 aliphatic rings. The summed E-state index contributed by atoms with van der Waals surface area (Å²) in [6.45, 7) is 4.76. The lowest BCUT2D eigenvalue weighted by Gasteiger charge is -2.30. The molecule has 0 saturated carbocycles. The van der Waals surface area contributed by atoms with Gasteiger partial charge in [0.1, 0.15) is 5.01 Å². The molecule has 26 heavy (non-hydrogen) atoms. The second kappa shape index (κ2) is 7.45. The van der Waals surface area contributed by atoms with Crippen molar-refractivity contribution in [3.63, 3.8) is 0 Å². The monoisotopic (exact) mass is 369 g/mol. The summed E-state index contributed by atoms with van der Waals surface area (Å²) in [5.74, 6) is 0. The number of rotatable bonds is 5. The second-order valence-electron chi connectivity index (χ2n) is 6.55. The van der Waals surface area contributed by atoms with Gasteiger partial charge in [-0.3, -0.25) is 4.79 Å². The molecular weight excluding hydrogens is 346 g/mol. The fourth-order valence-electron chi connectivity index (χ4n) is 3.35. The van der Waals surface area contributed by atoms with Crippen LogP contribution in [-0.4, -0.2) is 27.7 Å². The van der Waals surface area contributed by atoms with Gasteiger partial charge in [0.05, 0.1) is 23.6 Å². The van der Waals surface area contributed by atoms with Crippen LogP contribution in [0.3, 0.4) is 0 Å². The fraction of sp³-hybridized carbons (Fsp3) is 0.421. The highest BCUT2D eigenvalue weighted by molar-refractivity contribution is 7.16. The Labute approximate surface area is 156 Å². The van der Waals surface area contributed by atoms with Gasteiger partial charge in [0.15, 0.2) is 0 Å². The lowest BCUT2D eigenvalue weighted by Crippen LogP contribution is -2.30. The molecule has 1 aliphatic heterocycles. The van der Waals surface area contributed by atoms with Crippen molar-refractivity contribution in [3.05, 3.63) is 51.4 Å². The first kappa shape index (κ1) is 17.0. The van der Waals surface area contributed by atoms with Crippen LogP contribution in [-0.2, 0) is 13.0 Å². The standard InChI is InChI=1S/C19H23N5OS/c1-2-17-22-24-18(25)12-14(21-19(24)26-17)13-20-15-8-4-5-9-16(15)23-10-6-3-7-11-23/h4-5,8-9,12,20H,2-3,6-7,10-11,13H2,1H3. The Bertz CT molecular complexity index is 958. The van der Waals surface area contributed by atoms with Crippen LogP contribution in [0.5, 0.6) is 0 Å². The minimum absolute atomic E-state index is 0.118. The summed E-state index contributed by atoms with van der Waals surface area (Å²) in [4.78, 5) is 20.0. The molecule has 0 unspecified atom stereocenters. The molecular formula is C19H23N5OS. The van der Waals surface area contributed by atoms with E-state index in [9.17, 15) is 4.79 Å². The molecule has 2 aromatic heterocycles. The van der Waals surface area contributed by atoms with Crippen molar-refractivity contribution in [1.82, 2.24) is 14.6 Å². The molecule has 0 atom stereocenters. The van der Waals surface area contributed by atoms with Crippen molar-refractivity contribution < 1.29 is 0 Å². The smallest absolute Gasteiger partial charge is 0.275 e. The molecule has 7 heteroatoms. The van der Waals surface area contributed by atoms with Crippen molar-refractivity contribution in [2.24, 2.45) is 0 Å². The van der Waals surface area contributed by atoms with E-state index in [1.54, 1.807) is 6.07 Å². The van der Waals surface area contributed by atoms with E-state index in [0.717, 1.165) is 35.9 Å². The van der Waals surface area contributed by atoms with Gasteiger partial charge in [-0.15, -0.1) is 0 Å². The zero-order valence-electron chi connectivity index (χ0n) is 14.9. The van der Waals surface area contributed by atoms with Crippen LogP contribution in [0.4, 0.5) is 11.4 Å². The topological polar surface area (TPSA) is 62.5 Å². The highest BCUT2D eigenvalue weighted by Crippen LogP contribution is 2.28. The predicted molar refractivity (Wildman–Crippen MR) is 106 cm³/mol. The third-order valence-electron chi connectivity index (χ3n) is 4.70. The maximum atomic E-state index is 12.3. The van der Waals surface area contributed by atoms with Crippen LogP contribution in [0, 0.1) is 0 Å². The summed E-state index contributed by atoms with van der Waals surface area (Å²) < 4.78 is 1.40. The number of aryl methyl sites for hydroxylation is 1. The Hall–Kier alpha value is -2.41. The number of aromatic nitrogens is 3. The normalized spacial score (nSPS) is 14.7. The van der Waals surface area contributed by atoms with Crippen LogP contribution in [0.1, 0.15) is 36.9 Å². The number of anilines is 2. The Morgan fingerprint density at radius 3 is 2.81 bits per heavy atom. The van der Waals surface area contributed by atoms with Crippen molar-refractivity contribution in [2.45, 2.75) is 39.2 Å². The Morgan fingerprint density at radius 2 is 2.00 bits per heavy atom. The first-order valence-electron chi connectivity index (χ1n) is 9.21. The maximum Gasteiger partial charge on any atom is 0.275 e. The van der Waals surface area contributed by atoms with E-state index in [0.29, 0.717) is 11.5 Å². The van der Waals surface area contributed by atoms with Crippen LogP contribution < -0.4 is 15.8 Å². The minimum atomic E-state index is -0.118. The van der Waals surface area contributed by atoms with Crippen molar-refractivity contribution in [1.29, 1.82) is 0 Å².